The van der Waals surface area contributed by atoms with Crippen molar-refractivity contribution in [2.45, 2.75) is 25.9 Å². The van der Waals surface area contributed by atoms with Gasteiger partial charge < -0.3 is 14.8 Å². The lowest BCUT2D eigenvalue weighted by Gasteiger charge is -2.18. The van der Waals surface area contributed by atoms with Gasteiger partial charge in [0.25, 0.3) is 5.91 Å². The molecule has 112 valence electrons. The number of hydrogen-bond donors (Lipinski definition) is 1. The predicted molar refractivity (Wildman–Crippen MR) is 83.3 cm³/mol. The van der Waals surface area contributed by atoms with E-state index in [0.29, 0.717) is 10.9 Å². The topological polar surface area (TPSA) is 59.9 Å². The van der Waals surface area contributed by atoms with Crippen LogP contribution in [0.5, 0.6) is 11.5 Å². The lowest BCUT2D eigenvalue weighted by Crippen LogP contribution is -2.32. The summed E-state index contributed by atoms with van der Waals surface area (Å²) in [5, 5.41) is 3.42. The minimum atomic E-state index is -0.223. The van der Waals surface area contributed by atoms with Crippen molar-refractivity contribution in [3.63, 3.8) is 0 Å². The van der Waals surface area contributed by atoms with E-state index in [1.807, 2.05) is 32.0 Å². The summed E-state index contributed by atoms with van der Waals surface area (Å²) in [4.78, 5) is 16.0. The van der Waals surface area contributed by atoms with Gasteiger partial charge >= 0.3 is 0 Å². The lowest BCUT2D eigenvalue weighted by molar-refractivity contribution is -0.121. The van der Waals surface area contributed by atoms with Crippen LogP contribution >= 0.6 is 11.8 Å². The van der Waals surface area contributed by atoms with Crippen LogP contribution in [0, 0.1) is 0 Å². The highest BCUT2D eigenvalue weighted by Crippen LogP contribution is 2.41. The Bertz CT molecular complexity index is 599. The molecule has 0 bridgehead atoms. The molecule has 21 heavy (non-hydrogen) atoms. The van der Waals surface area contributed by atoms with Crippen LogP contribution in [0.1, 0.15) is 19.4 Å². The third-order valence-corrected chi connectivity index (χ3v) is 4.14. The molecule has 0 aromatic heterocycles. The van der Waals surface area contributed by atoms with E-state index in [9.17, 15) is 4.79 Å². The van der Waals surface area contributed by atoms with E-state index in [4.69, 9.17) is 9.47 Å². The molecular weight excluding hydrogens is 288 g/mol. The van der Waals surface area contributed by atoms with Gasteiger partial charge in [0.2, 0.25) is 0 Å². The fourth-order valence-electron chi connectivity index (χ4n) is 2.41. The molecule has 1 amide bonds. The van der Waals surface area contributed by atoms with Crippen molar-refractivity contribution < 1.29 is 14.3 Å². The minimum Gasteiger partial charge on any atom is -0.483 e. The Hall–Kier alpha value is -1.69. The summed E-state index contributed by atoms with van der Waals surface area (Å²) in [7, 11) is 0. The standard InChI is InChI=1S/C15H18N2O3S/c1-15(2)8-10-4-3-5-11(13(10)20-15)19-9-12(18)17-14-16-6-7-21-14/h3-5H,6-9H2,1-2H3,(H,16,17,18). The second-order valence-electron chi connectivity index (χ2n) is 5.66. The number of nitrogens with one attached hydrogen (secondary N) is 1. The zero-order chi connectivity index (χ0) is 14.9. The van der Waals surface area contributed by atoms with Crippen molar-refractivity contribution in [2.75, 3.05) is 18.9 Å². The van der Waals surface area contributed by atoms with Gasteiger partial charge in [0.05, 0.1) is 6.54 Å². The van der Waals surface area contributed by atoms with E-state index in [1.165, 1.54) is 0 Å². The summed E-state index contributed by atoms with van der Waals surface area (Å²) in [6.45, 7) is 4.80. The third kappa shape index (κ3) is 3.32. The molecule has 1 aromatic carbocycles. The molecule has 2 aliphatic heterocycles. The number of ether oxygens (including phenoxy) is 2. The van der Waals surface area contributed by atoms with E-state index < -0.39 is 0 Å². The lowest BCUT2D eigenvalue weighted by atomic mass is 10.0. The van der Waals surface area contributed by atoms with Crippen LogP contribution in [0.4, 0.5) is 0 Å². The number of benzene rings is 1. The second kappa shape index (κ2) is 5.60. The molecule has 1 N–H and O–H groups in total. The molecule has 0 radical (unpaired) electrons. The number of carbonyl (C=O) groups is 1. The minimum absolute atomic E-state index is 0.0418. The fourth-order valence-corrected chi connectivity index (χ4v) is 3.15. The van der Waals surface area contributed by atoms with Crippen molar-refractivity contribution in [3.8, 4) is 11.5 Å². The zero-order valence-electron chi connectivity index (χ0n) is 12.1. The van der Waals surface area contributed by atoms with Gasteiger partial charge in [-0.3, -0.25) is 9.79 Å². The van der Waals surface area contributed by atoms with E-state index in [1.54, 1.807) is 11.8 Å². The molecule has 0 saturated carbocycles. The van der Waals surface area contributed by atoms with Crippen molar-refractivity contribution in [3.05, 3.63) is 23.8 Å². The molecule has 0 unspecified atom stereocenters. The molecule has 0 spiro atoms. The van der Waals surface area contributed by atoms with Crippen LogP contribution < -0.4 is 14.8 Å². The number of fused-ring (bicyclic) bond motifs is 1. The normalized spacial score (nSPS) is 18.7. The van der Waals surface area contributed by atoms with Crippen molar-refractivity contribution >= 4 is 22.8 Å². The number of para-hydroxylation sites is 1. The van der Waals surface area contributed by atoms with Crippen LogP contribution in [0.15, 0.2) is 23.2 Å². The zero-order valence-corrected chi connectivity index (χ0v) is 13.0. The SMILES string of the molecule is CC1(C)Cc2cccc(OCC(=O)NC3=NCCS3)c2O1. The summed E-state index contributed by atoms with van der Waals surface area (Å²) in [6.07, 6.45) is 0.846. The Kier molecular flexibility index (Phi) is 3.80. The molecule has 3 rings (SSSR count). The Labute approximate surface area is 128 Å². The van der Waals surface area contributed by atoms with Crippen LogP contribution in [-0.4, -0.2) is 35.6 Å². The first-order valence-electron chi connectivity index (χ1n) is 6.94. The molecule has 6 heteroatoms. The number of amides is 1. The Morgan fingerprint density at radius 2 is 2.38 bits per heavy atom. The summed E-state index contributed by atoms with van der Waals surface area (Å²) >= 11 is 1.55. The summed E-state index contributed by atoms with van der Waals surface area (Å²) in [5.74, 6) is 2.10. The number of aliphatic imine (C=N–C) groups is 1. The van der Waals surface area contributed by atoms with Gasteiger partial charge in [-0.15, -0.1) is 0 Å². The number of amidine groups is 1. The van der Waals surface area contributed by atoms with E-state index in [2.05, 4.69) is 10.3 Å². The summed E-state index contributed by atoms with van der Waals surface area (Å²) in [5.41, 5.74) is 0.896. The number of carbonyl (C=O) groups excluding carboxylic acids is 1. The van der Waals surface area contributed by atoms with E-state index in [0.717, 1.165) is 30.0 Å². The first kappa shape index (κ1) is 14.3. The smallest absolute Gasteiger partial charge is 0.263 e. The first-order chi connectivity index (χ1) is 10.0. The highest BCUT2D eigenvalue weighted by molar-refractivity contribution is 8.14. The van der Waals surface area contributed by atoms with Crippen LogP contribution in [0.2, 0.25) is 0 Å². The number of rotatable bonds is 3. The van der Waals surface area contributed by atoms with Gasteiger partial charge in [0.1, 0.15) is 5.60 Å². The Morgan fingerprint density at radius 1 is 1.52 bits per heavy atom. The summed E-state index contributed by atoms with van der Waals surface area (Å²) in [6, 6.07) is 5.78. The molecule has 0 atom stereocenters. The third-order valence-electron chi connectivity index (χ3n) is 3.25. The summed E-state index contributed by atoms with van der Waals surface area (Å²) < 4.78 is 11.5. The van der Waals surface area contributed by atoms with Gasteiger partial charge in [0, 0.05) is 17.7 Å². The molecule has 0 fully saturated rings. The number of nitrogens with zero attached hydrogens (tertiary/aromatic N) is 1. The van der Waals surface area contributed by atoms with Gasteiger partial charge in [-0.1, -0.05) is 23.9 Å². The van der Waals surface area contributed by atoms with Crippen LogP contribution in [0.25, 0.3) is 0 Å². The van der Waals surface area contributed by atoms with Gasteiger partial charge in [-0.25, -0.2) is 0 Å². The molecule has 5 nitrogen and oxygen atoms in total. The fraction of sp³-hybridized carbons (Fsp3) is 0.467. The second-order valence-corrected chi connectivity index (χ2v) is 6.74. The van der Waals surface area contributed by atoms with Crippen molar-refractivity contribution in [1.29, 1.82) is 0 Å². The molecule has 1 aromatic rings. The largest absolute Gasteiger partial charge is 0.483 e. The first-order valence-corrected chi connectivity index (χ1v) is 7.93. The maximum atomic E-state index is 11.8. The van der Waals surface area contributed by atoms with Crippen molar-refractivity contribution in [1.82, 2.24) is 5.32 Å². The molecule has 0 saturated heterocycles. The highest BCUT2D eigenvalue weighted by atomic mass is 32.2. The molecule has 0 aliphatic carbocycles. The average molecular weight is 306 g/mol. The van der Waals surface area contributed by atoms with Gasteiger partial charge in [-0.2, -0.15) is 0 Å². The van der Waals surface area contributed by atoms with Gasteiger partial charge in [-0.05, 0) is 19.9 Å². The molecular formula is C15H18N2O3S. The Morgan fingerprint density at radius 3 is 3.14 bits per heavy atom. The Balaban J connectivity index is 1.62. The average Bonchev–Trinajstić information content (AvgIpc) is 3.01. The molecule has 2 aliphatic rings. The number of thioether (sulfide) groups is 1. The van der Waals surface area contributed by atoms with Crippen molar-refractivity contribution in [2.24, 2.45) is 4.99 Å². The highest BCUT2D eigenvalue weighted by Gasteiger charge is 2.32. The van der Waals surface area contributed by atoms with Crippen LogP contribution in [0.3, 0.4) is 0 Å². The maximum Gasteiger partial charge on any atom is 0.263 e. The van der Waals surface area contributed by atoms with E-state index >= 15 is 0 Å². The predicted octanol–water partition coefficient (Wildman–Crippen LogP) is 2.00. The van der Waals surface area contributed by atoms with Crippen LogP contribution in [-0.2, 0) is 11.2 Å². The molecule has 2 heterocycles. The monoisotopic (exact) mass is 306 g/mol. The maximum absolute atomic E-state index is 11.8. The van der Waals surface area contributed by atoms with E-state index in [-0.39, 0.29) is 18.1 Å². The quantitative estimate of drug-likeness (QED) is 0.928. The van der Waals surface area contributed by atoms with Gasteiger partial charge in [0.15, 0.2) is 23.3 Å². The number of hydrogen-bond acceptors (Lipinski definition) is 5.